The molecule has 0 bridgehead atoms. The summed E-state index contributed by atoms with van der Waals surface area (Å²) in [5.74, 6) is 0. The molecule has 1 nitrogen and oxygen atoms in total. The molecule has 112 valence electrons. The normalized spacial score (nSPS) is 14.1. The smallest absolute Gasteiger partial charge is 0.146 e. The van der Waals surface area contributed by atoms with Crippen LogP contribution in [0, 0.1) is 5.41 Å². The Morgan fingerprint density at radius 2 is 1.24 bits per heavy atom. The summed E-state index contributed by atoms with van der Waals surface area (Å²) in [7, 11) is 0.652. The predicted octanol–water partition coefficient (Wildman–Crippen LogP) is 3.88. The Balaban J connectivity index is 2.65. The van der Waals surface area contributed by atoms with E-state index in [-0.39, 0.29) is 11.5 Å². The summed E-state index contributed by atoms with van der Waals surface area (Å²) in [5.41, 5.74) is 2.09. The lowest BCUT2D eigenvalue weighted by Gasteiger charge is -2.43. The van der Waals surface area contributed by atoms with E-state index >= 15 is 0 Å². The van der Waals surface area contributed by atoms with Crippen molar-refractivity contribution in [3.8, 4) is 0 Å². The van der Waals surface area contributed by atoms with Crippen molar-refractivity contribution < 1.29 is 4.43 Å². The Kier molecular flexibility index (Phi) is 4.92. The number of alkyl halides is 1. The van der Waals surface area contributed by atoms with E-state index in [0.717, 1.165) is 11.1 Å². The zero-order chi connectivity index (χ0) is 15.5. The number of rotatable bonds is 4. The first kappa shape index (κ1) is 16.3. The molecular weight excluding hydrogens is 296 g/mol. The van der Waals surface area contributed by atoms with E-state index in [4.69, 9.17) is 16.0 Å². The van der Waals surface area contributed by atoms with Gasteiger partial charge >= 0.3 is 0 Å². The van der Waals surface area contributed by atoms with Crippen molar-refractivity contribution in [2.75, 3.05) is 0 Å². The summed E-state index contributed by atoms with van der Waals surface area (Å²) in [5, 5.41) is 0. The molecule has 0 aliphatic carbocycles. The number of hydrogen-bond acceptors (Lipinski definition) is 1. The molecule has 0 heterocycles. The van der Waals surface area contributed by atoms with E-state index in [0.29, 0.717) is 10.5 Å². The topological polar surface area (TPSA) is 9.23 Å². The van der Waals surface area contributed by atoms with Gasteiger partial charge in [-0.3, -0.25) is 0 Å². The van der Waals surface area contributed by atoms with Gasteiger partial charge in [-0.25, -0.2) is 0 Å². The van der Waals surface area contributed by atoms with E-state index in [9.17, 15) is 0 Å². The van der Waals surface area contributed by atoms with Crippen molar-refractivity contribution in [3.05, 3.63) is 71.8 Å². The third-order valence-electron chi connectivity index (χ3n) is 3.77. The van der Waals surface area contributed by atoms with Crippen LogP contribution in [-0.4, -0.2) is 16.6 Å². The van der Waals surface area contributed by atoms with Gasteiger partial charge in [0.25, 0.3) is 0 Å². The Morgan fingerprint density at radius 3 is 1.52 bits per heavy atom. The third-order valence-corrected chi connectivity index (χ3v) is 4.88. The van der Waals surface area contributed by atoms with Crippen LogP contribution in [0.5, 0.6) is 0 Å². The van der Waals surface area contributed by atoms with E-state index in [2.05, 4.69) is 45.0 Å². The quantitative estimate of drug-likeness (QED) is 0.614. The summed E-state index contributed by atoms with van der Waals surface area (Å²) in [6.45, 7) is 6.54. The van der Waals surface area contributed by atoms with Crippen LogP contribution >= 0.6 is 11.6 Å². The fourth-order valence-corrected chi connectivity index (χ4v) is 4.82. The molecule has 21 heavy (non-hydrogen) atoms. The molecule has 0 fully saturated rings. The van der Waals surface area contributed by atoms with Crippen molar-refractivity contribution in [3.63, 3.8) is 0 Å². The van der Waals surface area contributed by atoms with Gasteiger partial charge in [-0.05, 0) is 16.5 Å². The molecule has 0 aliphatic heterocycles. The monoisotopic (exact) mass is 318 g/mol. The molecule has 0 aliphatic rings. The Labute approximate surface area is 135 Å². The highest BCUT2D eigenvalue weighted by atomic mass is 35.5. The maximum Gasteiger partial charge on any atom is 0.146 e. The van der Waals surface area contributed by atoms with Gasteiger partial charge in [-0.15, -0.1) is 11.6 Å². The van der Waals surface area contributed by atoms with Crippen LogP contribution in [0.2, 0.25) is 0 Å². The standard InChI is InChI=1S/C18H23ClOSi/c1-17(2,3)16(20-21)18(19,14-10-6-4-7-11-14)15-12-8-5-9-13-15/h4-13,16H,1-3,21H3. The summed E-state index contributed by atoms with van der Waals surface area (Å²) >= 11 is 7.24. The molecule has 3 heteroatoms. The van der Waals surface area contributed by atoms with Gasteiger partial charge in [0.1, 0.15) is 15.4 Å². The molecule has 0 spiro atoms. The van der Waals surface area contributed by atoms with Gasteiger partial charge in [0.05, 0.1) is 6.10 Å². The summed E-state index contributed by atoms with van der Waals surface area (Å²) < 4.78 is 6.00. The maximum atomic E-state index is 7.24. The Morgan fingerprint density at radius 1 is 0.857 bits per heavy atom. The molecule has 2 aromatic carbocycles. The van der Waals surface area contributed by atoms with Gasteiger partial charge in [-0.1, -0.05) is 81.4 Å². The molecule has 0 saturated heterocycles. The summed E-state index contributed by atoms with van der Waals surface area (Å²) in [6, 6.07) is 20.5. The van der Waals surface area contributed by atoms with E-state index in [1.807, 2.05) is 36.4 Å². The van der Waals surface area contributed by atoms with Crippen LogP contribution in [0.15, 0.2) is 60.7 Å². The SMILES string of the molecule is CC(C)(C)C(O[SiH3])C(Cl)(c1ccccc1)c1ccccc1. The predicted molar refractivity (Wildman–Crippen MR) is 93.8 cm³/mol. The van der Waals surface area contributed by atoms with Crippen LogP contribution in [0.4, 0.5) is 0 Å². The molecule has 1 unspecified atom stereocenters. The second-order valence-corrected chi connectivity index (χ2v) is 7.49. The Bertz CT molecular complexity index is 523. The molecule has 0 amide bonds. The fraction of sp³-hybridized carbons (Fsp3) is 0.333. The molecule has 0 aromatic heterocycles. The van der Waals surface area contributed by atoms with E-state index < -0.39 is 4.87 Å². The second kappa shape index (κ2) is 6.35. The molecule has 2 aromatic rings. The lowest BCUT2D eigenvalue weighted by Crippen LogP contribution is -2.45. The minimum absolute atomic E-state index is 0.0603. The molecular formula is C18H23ClOSi. The van der Waals surface area contributed by atoms with Gasteiger partial charge in [-0.2, -0.15) is 0 Å². The highest BCUT2D eigenvalue weighted by Gasteiger charge is 2.46. The van der Waals surface area contributed by atoms with E-state index in [1.54, 1.807) is 0 Å². The van der Waals surface area contributed by atoms with Crippen molar-refractivity contribution in [2.45, 2.75) is 31.7 Å². The highest BCUT2D eigenvalue weighted by Crippen LogP contribution is 2.46. The minimum atomic E-state index is -0.678. The largest absolute Gasteiger partial charge is 0.422 e. The van der Waals surface area contributed by atoms with Gasteiger partial charge in [0, 0.05) is 0 Å². The fourth-order valence-electron chi connectivity index (χ4n) is 2.94. The molecule has 0 N–H and O–H groups in total. The van der Waals surface area contributed by atoms with Crippen molar-refractivity contribution in [1.82, 2.24) is 0 Å². The second-order valence-electron chi connectivity index (χ2n) is 6.43. The van der Waals surface area contributed by atoms with Crippen LogP contribution in [-0.2, 0) is 9.30 Å². The van der Waals surface area contributed by atoms with Crippen LogP contribution < -0.4 is 0 Å². The molecule has 0 radical (unpaired) electrons. The Hall–Kier alpha value is -1.09. The van der Waals surface area contributed by atoms with Crippen LogP contribution in [0.1, 0.15) is 31.9 Å². The van der Waals surface area contributed by atoms with Gasteiger partial charge < -0.3 is 4.43 Å². The number of halogens is 1. The van der Waals surface area contributed by atoms with Gasteiger partial charge in [0.2, 0.25) is 0 Å². The lowest BCUT2D eigenvalue weighted by atomic mass is 9.74. The molecule has 2 rings (SSSR count). The van der Waals surface area contributed by atoms with Crippen molar-refractivity contribution >= 4 is 22.1 Å². The van der Waals surface area contributed by atoms with Crippen LogP contribution in [0.25, 0.3) is 0 Å². The first-order valence-electron chi connectivity index (χ1n) is 7.23. The van der Waals surface area contributed by atoms with Gasteiger partial charge in [0.15, 0.2) is 0 Å². The van der Waals surface area contributed by atoms with Crippen molar-refractivity contribution in [1.29, 1.82) is 0 Å². The summed E-state index contributed by atoms with van der Waals surface area (Å²) in [4.78, 5) is -0.678. The highest BCUT2D eigenvalue weighted by molar-refractivity contribution is 6.26. The lowest BCUT2D eigenvalue weighted by molar-refractivity contribution is 0.0672. The maximum absolute atomic E-state index is 7.24. The zero-order valence-corrected chi connectivity index (χ0v) is 15.9. The van der Waals surface area contributed by atoms with Crippen LogP contribution in [0.3, 0.4) is 0 Å². The molecule has 1 atom stereocenters. The zero-order valence-electron chi connectivity index (χ0n) is 13.1. The summed E-state index contributed by atoms with van der Waals surface area (Å²) in [6.07, 6.45) is -0.0943. The molecule has 0 saturated carbocycles. The first-order valence-corrected chi connectivity index (χ1v) is 8.43. The number of benzene rings is 2. The average Bonchev–Trinajstić information content (AvgIpc) is 2.48. The van der Waals surface area contributed by atoms with Crippen molar-refractivity contribution in [2.24, 2.45) is 5.41 Å². The third kappa shape index (κ3) is 3.23. The average molecular weight is 319 g/mol. The number of hydrogen-bond donors (Lipinski definition) is 0. The first-order chi connectivity index (χ1) is 9.90. The minimum Gasteiger partial charge on any atom is -0.422 e. The van der Waals surface area contributed by atoms with E-state index in [1.165, 1.54) is 0 Å².